The predicted molar refractivity (Wildman–Crippen MR) is 203 cm³/mol. The third kappa shape index (κ3) is 4.61. The summed E-state index contributed by atoms with van der Waals surface area (Å²) in [6, 6.07) is 63.3. The summed E-state index contributed by atoms with van der Waals surface area (Å²) in [5, 5.41) is 5.04. The summed E-state index contributed by atoms with van der Waals surface area (Å²) in [7, 11) is 0. The van der Waals surface area contributed by atoms with Crippen molar-refractivity contribution in [1.29, 1.82) is 0 Å². The quantitative estimate of drug-likeness (QED) is 0.177. The van der Waals surface area contributed by atoms with Gasteiger partial charge in [-0.1, -0.05) is 152 Å². The molecule has 9 rings (SSSR count). The Morgan fingerprint density at radius 2 is 0.917 bits per heavy atom. The lowest BCUT2D eigenvalue weighted by Crippen LogP contribution is -1.97. The molecule has 226 valence electrons. The van der Waals surface area contributed by atoms with Crippen LogP contribution in [0.1, 0.15) is 5.56 Å². The van der Waals surface area contributed by atoms with Gasteiger partial charge in [0, 0.05) is 11.3 Å². The number of hydrogen-bond acceptors (Lipinski definition) is 1. The lowest BCUT2D eigenvalue weighted by atomic mass is 9.85. The van der Waals surface area contributed by atoms with Crippen molar-refractivity contribution < 1.29 is 0 Å². The van der Waals surface area contributed by atoms with E-state index in [1.54, 1.807) is 0 Å². The maximum atomic E-state index is 5.13. The second-order valence-electron chi connectivity index (χ2n) is 12.4. The summed E-state index contributed by atoms with van der Waals surface area (Å²) in [5.74, 6) is 0.950. The van der Waals surface area contributed by atoms with Gasteiger partial charge in [-0.3, -0.25) is 4.57 Å². The van der Waals surface area contributed by atoms with Gasteiger partial charge in [-0.2, -0.15) is 0 Å². The lowest BCUT2D eigenvalue weighted by Gasteiger charge is -2.19. The smallest absolute Gasteiger partial charge is 0.145 e. The molecule has 0 N–H and O–H groups in total. The average molecular weight is 613 g/mol. The molecule has 9 aromatic rings. The SMILES string of the molecule is Cc1cccc2c1nc(-c1ccccc1)n2-c1ccc(-c2ccc3c(-c4ccccc4)c4ccccc4c(-c4ccccc4)c3c2)cc1. The first-order valence-electron chi connectivity index (χ1n) is 16.5. The number of aromatic nitrogens is 2. The number of hydrogen-bond donors (Lipinski definition) is 0. The van der Waals surface area contributed by atoms with Crippen molar-refractivity contribution in [3.8, 4) is 50.5 Å². The first-order valence-corrected chi connectivity index (χ1v) is 16.5. The molecule has 0 aliphatic carbocycles. The highest BCUT2D eigenvalue weighted by Crippen LogP contribution is 2.44. The zero-order chi connectivity index (χ0) is 32.0. The molecule has 0 aliphatic rings. The molecule has 8 aromatic carbocycles. The van der Waals surface area contributed by atoms with Crippen molar-refractivity contribution in [3.05, 3.63) is 181 Å². The maximum Gasteiger partial charge on any atom is 0.145 e. The van der Waals surface area contributed by atoms with Crippen molar-refractivity contribution >= 4 is 32.6 Å². The fourth-order valence-electron chi connectivity index (χ4n) is 7.27. The number of aryl methyl sites for hydroxylation is 1. The van der Waals surface area contributed by atoms with E-state index >= 15 is 0 Å². The standard InChI is InChI=1S/C46H32N2/c1-31-14-13-23-42-45(31)47-46(35-19-9-4-10-20-35)48(42)37-27-24-32(25-28-37)36-26-29-40-41(30-36)44(34-17-7-3-8-18-34)39-22-12-11-21-38(39)43(40)33-15-5-2-6-16-33/h2-30H,1H3. The van der Waals surface area contributed by atoms with Gasteiger partial charge in [-0.05, 0) is 91.7 Å². The van der Waals surface area contributed by atoms with E-state index in [1.807, 2.05) is 0 Å². The topological polar surface area (TPSA) is 17.8 Å². The first-order chi connectivity index (χ1) is 23.7. The van der Waals surface area contributed by atoms with E-state index in [-0.39, 0.29) is 0 Å². The van der Waals surface area contributed by atoms with Crippen molar-refractivity contribution in [2.45, 2.75) is 6.92 Å². The van der Waals surface area contributed by atoms with Crippen LogP contribution in [0.4, 0.5) is 0 Å². The van der Waals surface area contributed by atoms with E-state index in [2.05, 4.69) is 187 Å². The summed E-state index contributed by atoms with van der Waals surface area (Å²) < 4.78 is 2.29. The molecule has 1 heterocycles. The molecule has 0 radical (unpaired) electrons. The van der Waals surface area contributed by atoms with E-state index in [9.17, 15) is 0 Å². The summed E-state index contributed by atoms with van der Waals surface area (Å²) in [4.78, 5) is 5.13. The first kappa shape index (κ1) is 28.0. The van der Waals surface area contributed by atoms with Crippen molar-refractivity contribution in [2.24, 2.45) is 0 Å². The average Bonchev–Trinajstić information content (AvgIpc) is 3.56. The summed E-state index contributed by atoms with van der Waals surface area (Å²) in [5.41, 5.74) is 12.9. The van der Waals surface area contributed by atoms with Crippen LogP contribution in [0.2, 0.25) is 0 Å². The van der Waals surface area contributed by atoms with Crippen molar-refractivity contribution in [1.82, 2.24) is 9.55 Å². The van der Waals surface area contributed by atoms with Crippen LogP contribution in [-0.4, -0.2) is 9.55 Å². The van der Waals surface area contributed by atoms with Crippen LogP contribution in [-0.2, 0) is 0 Å². The van der Waals surface area contributed by atoms with E-state index < -0.39 is 0 Å². The normalized spacial score (nSPS) is 11.4. The van der Waals surface area contributed by atoms with Gasteiger partial charge in [0.15, 0.2) is 0 Å². The van der Waals surface area contributed by atoms with Gasteiger partial charge < -0.3 is 0 Å². The minimum atomic E-state index is 0.950. The molecule has 2 nitrogen and oxygen atoms in total. The zero-order valence-electron chi connectivity index (χ0n) is 26.6. The van der Waals surface area contributed by atoms with E-state index in [0.29, 0.717) is 0 Å². The summed E-state index contributed by atoms with van der Waals surface area (Å²) in [6.45, 7) is 2.13. The molecule has 0 bridgehead atoms. The Balaban J connectivity index is 1.24. The van der Waals surface area contributed by atoms with Gasteiger partial charge in [-0.15, -0.1) is 0 Å². The van der Waals surface area contributed by atoms with Crippen LogP contribution in [0.15, 0.2) is 176 Å². The Morgan fingerprint density at radius 3 is 1.54 bits per heavy atom. The molecule has 0 unspecified atom stereocenters. The number of nitrogens with zero attached hydrogens (tertiary/aromatic N) is 2. The van der Waals surface area contributed by atoms with Gasteiger partial charge in [0.2, 0.25) is 0 Å². The molecule has 0 atom stereocenters. The van der Waals surface area contributed by atoms with Gasteiger partial charge in [0.25, 0.3) is 0 Å². The Bertz CT molecular complexity index is 2580. The third-order valence-corrected chi connectivity index (χ3v) is 9.53. The number of para-hydroxylation sites is 1. The minimum Gasteiger partial charge on any atom is -0.292 e. The summed E-state index contributed by atoms with van der Waals surface area (Å²) in [6.07, 6.45) is 0. The molecule has 0 amide bonds. The number of benzene rings is 8. The number of rotatable bonds is 5. The molecule has 0 fully saturated rings. The second kappa shape index (κ2) is 11.5. The van der Waals surface area contributed by atoms with Crippen molar-refractivity contribution in [3.63, 3.8) is 0 Å². The van der Waals surface area contributed by atoms with E-state index in [1.165, 1.54) is 60.5 Å². The molecule has 48 heavy (non-hydrogen) atoms. The lowest BCUT2D eigenvalue weighted by molar-refractivity contribution is 1.10. The Labute approximate surface area is 280 Å². The van der Waals surface area contributed by atoms with Gasteiger partial charge in [-0.25, -0.2) is 4.98 Å². The molecular formula is C46H32N2. The molecule has 0 spiro atoms. The fraction of sp³-hybridized carbons (Fsp3) is 0.0217. The van der Waals surface area contributed by atoms with Crippen LogP contribution in [0, 0.1) is 6.92 Å². The highest BCUT2D eigenvalue weighted by molar-refractivity contribution is 6.21. The zero-order valence-corrected chi connectivity index (χ0v) is 26.6. The minimum absolute atomic E-state index is 0.950. The molecule has 0 saturated carbocycles. The van der Waals surface area contributed by atoms with Crippen LogP contribution >= 0.6 is 0 Å². The molecule has 0 saturated heterocycles. The third-order valence-electron chi connectivity index (χ3n) is 9.53. The maximum absolute atomic E-state index is 5.13. The predicted octanol–water partition coefficient (Wildman–Crippen LogP) is 12.3. The summed E-state index contributed by atoms with van der Waals surface area (Å²) >= 11 is 0. The van der Waals surface area contributed by atoms with Gasteiger partial charge in [0.1, 0.15) is 5.82 Å². The van der Waals surface area contributed by atoms with Crippen molar-refractivity contribution in [2.75, 3.05) is 0 Å². The van der Waals surface area contributed by atoms with Crippen LogP contribution in [0.5, 0.6) is 0 Å². The van der Waals surface area contributed by atoms with Crippen LogP contribution in [0.3, 0.4) is 0 Å². The van der Waals surface area contributed by atoms with Gasteiger partial charge >= 0.3 is 0 Å². The van der Waals surface area contributed by atoms with Crippen LogP contribution in [0.25, 0.3) is 83.0 Å². The molecule has 0 aliphatic heterocycles. The largest absolute Gasteiger partial charge is 0.292 e. The van der Waals surface area contributed by atoms with Crippen LogP contribution < -0.4 is 0 Å². The van der Waals surface area contributed by atoms with E-state index in [0.717, 1.165) is 28.1 Å². The Morgan fingerprint density at radius 1 is 0.396 bits per heavy atom. The molecule has 1 aromatic heterocycles. The Hall–Kier alpha value is -6.25. The highest BCUT2D eigenvalue weighted by atomic mass is 15.1. The highest BCUT2D eigenvalue weighted by Gasteiger charge is 2.18. The Kier molecular flexibility index (Phi) is 6.72. The fourth-order valence-corrected chi connectivity index (χ4v) is 7.27. The molecular weight excluding hydrogens is 581 g/mol. The van der Waals surface area contributed by atoms with E-state index in [4.69, 9.17) is 4.98 Å². The second-order valence-corrected chi connectivity index (χ2v) is 12.4. The molecule has 2 heteroatoms. The number of imidazole rings is 1. The number of fused-ring (bicyclic) bond motifs is 3. The monoisotopic (exact) mass is 612 g/mol. The van der Waals surface area contributed by atoms with Gasteiger partial charge in [0.05, 0.1) is 11.0 Å².